The third-order valence-corrected chi connectivity index (χ3v) is 4.07. The molecular formula is C12H18O2. The molecule has 2 atom stereocenters. The van der Waals surface area contributed by atoms with Gasteiger partial charge in [-0.2, -0.15) is 0 Å². The van der Waals surface area contributed by atoms with Crippen LogP contribution in [-0.4, -0.2) is 17.0 Å². The third-order valence-electron chi connectivity index (χ3n) is 4.07. The van der Waals surface area contributed by atoms with Crippen LogP contribution in [0.3, 0.4) is 0 Å². The van der Waals surface area contributed by atoms with Crippen molar-refractivity contribution in [2.75, 3.05) is 0 Å². The molecule has 0 aliphatic heterocycles. The van der Waals surface area contributed by atoms with E-state index >= 15 is 0 Å². The lowest BCUT2D eigenvalue weighted by molar-refractivity contribution is -0.117. The molecule has 0 bridgehead atoms. The Balaban J connectivity index is 2.45. The SMILES string of the molecule is CC1=C2CCC[C@@H](O)[C@@]2(C)CCC1=O. The van der Waals surface area contributed by atoms with Crippen molar-refractivity contribution < 1.29 is 9.90 Å². The van der Waals surface area contributed by atoms with Crippen LogP contribution in [0.25, 0.3) is 0 Å². The van der Waals surface area contributed by atoms with Gasteiger partial charge in [-0.15, -0.1) is 0 Å². The first-order valence-corrected chi connectivity index (χ1v) is 5.47. The summed E-state index contributed by atoms with van der Waals surface area (Å²) in [6.07, 6.45) is 4.13. The van der Waals surface area contributed by atoms with Crippen molar-refractivity contribution in [1.82, 2.24) is 0 Å². The summed E-state index contributed by atoms with van der Waals surface area (Å²) in [5, 5.41) is 10.0. The number of allylic oxidation sites excluding steroid dienone is 1. The Kier molecular flexibility index (Phi) is 2.26. The first-order chi connectivity index (χ1) is 6.55. The van der Waals surface area contributed by atoms with Crippen LogP contribution in [0.2, 0.25) is 0 Å². The number of aliphatic hydroxyl groups excluding tert-OH is 1. The van der Waals surface area contributed by atoms with Gasteiger partial charge < -0.3 is 5.11 Å². The Bertz CT molecular complexity index is 303. The predicted molar refractivity (Wildman–Crippen MR) is 54.9 cm³/mol. The van der Waals surface area contributed by atoms with Crippen molar-refractivity contribution in [1.29, 1.82) is 0 Å². The molecule has 1 fully saturated rings. The molecule has 0 unspecified atom stereocenters. The van der Waals surface area contributed by atoms with Gasteiger partial charge in [-0.1, -0.05) is 12.5 Å². The number of aliphatic hydroxyl groups is 1. The van der Waals surface area contributed by atoms with E-state index in [9.17, 15) is 9.90 Å². The minimum atomic E-state index is -0.241. The van der Waals surface area contributed by atoms with Gasteiger partial charge in [-0.05, 0) is 38.2 Å². The fourth-order valence-electron chi connectivity index (χ4n) is 2.94. The summed E-state index contributed by atoms with van der Waals surface area (Å²) < 4.78 is 0. The number of hydrogen-bond donors (Lipinski definition) is 1. The van der Waals surface area contributed by atoms with Gasteiger partial charge in [0.2, 0.25) is 0 Å². The number of Topliss-reactive ketones (excluding diaryl/α,β-unsaturated/α-hetero) is 1. The number of rotatable bonds is 0. The van der Waals surface area contributed by atoms with Crippen molar-refractivity contribution in [2.45, 2.75) is 52.1 Å². The molecule has 0 aromatic rings. The highest BCUT2D eigenvalue weighted by Crippen LogP contribution is 2.48. The van der Waals surface area contributed by atoms with E-state index in [2.05, 4.69) is 6.92 Å². The van der Waals surface area contributed by atoms with E-state index in [-0.39, 0.29) is 17.3 Å². The highest BCUT2D eigenvalue weighted by Gasteiger charge is 2.43. The van der Waals surface area contributed by atoms with Crippen LogP contribution in [-0.2, 0) is 4.79 Å². The normalized spacial score (nSPS) is 38.5. The average molecular weight is 194 g/mol. The monoisotopic (exact) mass is 194 g/mol. The fraction of sp³-hybridized carbons (Fsp3) is 0.750. The van der Waals surface area contributed by atoms with Crippen molar-refractivity contribution in [3.05, 3.63) is 11.1 Å². The van der Waals surface area contributed by atoms with Gasteiger partial charge in [0.15, 0.2) is 5.78 Å². The number of carbonyl (C=O) groups excluding carboxylic acids is 1. The molecule has 0 aromatic heterocycles. The summed E-state index contributed by atoms with van der Waals surface area (Å²) in [7, 11) is 0. The first kappa shape index (κ1) is 9.91. The minimum Gasteiger partial charge on any atom is -0.392 e. The van der Waals surface area contributed by atoms with Crippen molar-refractivity contribution in [3.63, 3.8) is 0 Å². The third kappa shape index (κ3) is 1.24. The van der Waals surface area contributed by atoms with Crippen LogP contribution >= 0.6 is 0 Å². The first-order valence-electron chi connectivity index (χ1n) is 5.47. The van der Waals surface area contributed by atoms with Crippen LogP contribution in [0.4, 0.5) is 0 Å². The average Bonchev–Trinajstić information content (AvgIpc) is 2.16. The van der Waals surface area contributed by atoms with Crippen molar-refractivity contribution in [2.24, 2.45) is 5.41 Å². The number of fused-ring (bicyclic) bond motifs is 1. The molecule has 78 valence electrons. The van der Waals surface area contributed by atoms with Crippen LogP contribution in [0.5, 0.6) is 0 Å². The summed E-state index contributed by atoms with van der Waals surface area (Å²) in [5.41, 5.74) is 2.06. The quantitative estimate of drug-likeness (QED) is 0.642. The Morgan fingerprint density at radius 1 is 1.43 bits per heavy atom. The van der Waals surface area contributed by atoms with Gasteiger partial charge >= 0.3 is 0 Å². The lowest BCUT2D eigenvalue weighted by atomic mass is 9.62. The molecule has 1 saturated carbocycles. The van der Waals surface area contributed by atoms with Gasteiger partial charge in [0.25, 0.3) is 0 Å². The molecule has 2 heteroatoms. The maximum absolute atomic E-state index is 11.6. The van der Waals surface area contributed by atoms with E-state index < -0.39 is 0 Å². The number of ketones is 1. The summed E-state index contributed by atoms with van der Waals surface area (Å²) in [6, 6.07) is 0. The van der Waals surface area contributed by atoms with E-state index in [0.717, 1.165) is 31.3 Å². The van der Waals surface area contributed by atoms with Crippen LogP contribution in [0.15, 0.2) is 11.1 Å². The molecule has 2 rings (SSSR count). The smallest absolute Gasteiger partial charge is 0.158 e. The Morgan fingerprint density at radius 2 is 2.14 bits per heavy atom. The van der Waals surface area contributed by atoms with Gasteiger partial charge in [-0.3, -0.25) is 4.79 Å². The zero-order valence-corrected chi connectivity index (χ0v) is 8.97. The summed E-state index contributed by atoms with van der Waals surface area (Å²) in [6.45, 7) is 4.04. The molecule has 14 heavy (non-hydrogen) atoms. The van der Waals surface area contributed by atoms with Gasteiger partial charge in [-0.25, -0.2) is 0 Å². The van der Waals surface area contributed by atoms with Gasteiger partial charge in [0.1, 0.15) is 0 Å². The lowest BCUT2D eigenvalue weighted by Crippen LogP contribution is -2.41. The van der Waals surface area contributed by atoms with Crippen molar-refractivity contribution in [3.8, 4) is 0 Å². The summed E-state index contributed by atoms with van der Waals surface area (Å²) in [5.74, 6) is 0.284. The second-order valence-electron chi connectivity index (χ2n) is 4.85. The zero-order chi connectivity index (χ0) is 10.3. The standard InChI is InChI=1S/C12H18O2/c1-8-9-4-3-5-11(14)12(9,2)7-6-10(8)13/h11,14H,3-7H2,1-2H3/t11-,12+/m1/s1. The summed E-state index contributed by atoms with van der Waals surface area (Å²) >= 11 is 0. The van der Waals surface area contributed by atoms with Crippen LogP contribution in [0.1, 0.15) is 46.0 Å². The second kappa shape index (κ2) is 3.20. The topological polar surface area (TPSA) is 37.3 Å². The molecule has 0 amide bonds. The lowest BCUT2D eigenvalue weighted by Gasteiger charge is -2.44. The molecule has 2 aliphatic rings. The van der Waals surface area contributed by atoms with Gasteiger partial charge in [0, 0.05) is 11.8 Å². The highest BCUT2D eigenvalue weighted by atomic mass is 16.3. The van der Waals surface area contributed by atoms with E-state index in [4.69, 9.17) is 0 Å². The molecular weight excluding hydrogens is 176 g/mol. The second-order valence-corrected chi connectivity index (χ2v) is 4.85. The molecule has 1 N–H and O–H groups in total. The molecule has 0 spiro atoms. The maximum Gasteiger partial charge on any atom is 0.158 e. The Hall–Kier alpha value is -0.630. The predicted octanol–water partition coefficient (Wildman–Crippen LogP) is 2.22. The molecule has 0 aromatic carbocycles. The number of carbonyl (C=O) groups is 1. The minimum absolute atomic E-state index is 0.101. The largest absolute Gasteiger partial charge is 0.392 e. The maximum atomic E-state index is 11.6. The molecule has 0 radical (unpaired) electrons. The highest BCUT2D eigenvalue weighted by molar-refractivity contribution is 5.96. The molecule has 2 nitrogen and oxygen atoms in total. The fourth-order valence-corrected chi connectivity index (χ4v) is 2.94. The van der Waals surface area contributed by atoms with Gasteiger partial charge in [0.05, 0.1) is 6.10 Å². The van der Waals surface area contributed by atoms with Crippen LogP contribution in [0, 0.1) is 5.41 Å². The van der Waals surface area contributed by atoms with E-state index in [1.54, 1.807) is 0 Å². The Labute approximate surface area is 85.0 Å². The van der Waals surface area contributed by atoms with E-state index in [1.807, 2.05) is 6.92 Å². The zero-order valence-electron chi connectivity index (χ0n) is 8.97. The summed E-state index contributed by atoms with van der Waals surface area (Å²) in [4.78, 5) is 11.6. The van der Waals surface area contributed by atoms with E-state index in [0.29, 0.717) is 6.42 Å². The molecule has 2 aliphatic carbocycles. The van der Waals surface area contributed by atoms with E-state index in [1.165, 1.54) is 5.57 Å². The Morgan fingerprint density at radius 3 is 2.86 bits per heavy atom. The molecule has 0 saturated heterocycles. The molecule has 0 heterocycles. The van der Waals surface area contributed by atoms with Crippen LogP contribution < -0.4 is 0 Å². The number of hydrogen-bond acceptors (Lipinski definition) is 2. The van der Waals surface area contributed by atoms with Crippen molar-refractivity contribution >= 4 is 5.78 Å².